The van der Waals surface area contributed by atoms with Gasteiger partial charge >= 0.3 is 0 Å². The van der Waals surface area contributed by atoms with Gasteiger partial charge in [0.1, 0.15) is 19.0 Å². The van der Waals surface area contributed by atoms with Gasteiger partial charge in [0.05, 0.1) is 11.6 Å². The van der Waals surface area contributed by atoms with Gasteiger partial charge in [0.15, 0.2) is 11.5 Å². The highest BCUT2D eigenvalue weighted by molar-refractivity contribution is 6.32. The third-order valence-corrected chi connectivity index (χ3v) is 3.44. The second-order valence-corrected chi connectivity index (χ2v) is 5.28. The van der Waals surface area contributed by atoms with Crippen molar-refractivity contribution < 1.29 is 14.2 Å². The molecule has 4 nitrogen and oxygen atoms in total. The van der Waals surface area contributed by atoms with Gasteiger partial charge in [0.2, 0.25) is 0 Å². The second-order valence-electron chi connectivity index (χ2n) is 4.87. The number of hydrogen-bond acceptors (Lipinski definition) is 4. The van der Waals surface area contributed by atoms with Gasteiger partial charge in [-0.3, -0.25) is 0 Å². The molecule has 0 saturated heterocycles. The Kier molecular flexibility index (Phi) is 7.04. The van der Waals surface area contributed by atoms with E-state index < -0.39 is 0 Å². The van der Waals surface area contributed by atoms with Crippen LogP contribution in [0.3, 0.4) is 0 Å². The van der Waals surface area contributed by atoms with Crippen LogP contribution in [0.25, 0.3) is 0 Å². The van der Waals surface area contributed by atoms with Crippen molar-refractivity contribution in [3.05, 3.63) is 53.1 Å². The van der Waals surface area contributed by atoms with Gasteiger partial charge in [0, 0.05) is 6.54 Å². The minimum Gasteiger partial charge on any atom is -0.490 e. The summed E-state index contributed by atoms with van der Waals surface area (Å²) in [6.45, 7) is 4.16. The van der Waals surface area contributed by atoms with Crippen LogP contribution in [-0.2, 0) is 6.54 Å². The van der Waals surface area contributed by atoms with E-state index in [1.165, 1.54) is 0 Å². The third-order valence-electron chi connectivity index (χ3n) is 3.12. The summed E-state index contributed by atoms with van der Waals surface area (Å²) in [7, 11) is 1.91. The van der Waals surface area contributed by atoms with Crippen LogP contribution in [0.2, 0.25) is 5.02 Å². The largest absolute Gasteiger partial charge is 0.490 e. The van der Waals surface area contributed by atoms with E-state index in [-0.39, 0.29) is 0 Å². The zero-order valence-corrected chi connectivity index (χ0v) is 14.2. The van der Waals surface area contributed by atoms with Crippen molar-refractivity contribution in [2.45, 2.75) is 13.5 Å². The van der Waals surface area contributed by atoms with Gasteiger partial charge in [0.25, 0.3) is 0 Å². The third kappa shape index (κ3) is 5.34. The lowest BCUT2D eigenvalue weighted by Gasteiger charge is -2.14. The van der Waals surface area contributed by atoms with Crippen LogP contribution >= 0.6 is 11.6 Å². The summed E-state index contributed by atoms with van der Waals surface area (Å²) in [4.78, 5) is 0. The molecular weight excluding hydrogens is 314 g/mol. The lowest BCUT2D eigenvalue weighted by Crippen LogP contribution is -2.10. The van der Waals surface area contributed by atoms with Gasteiger partial charge < -0.3 is 19.5 Å². The van der Waals surface area contributed by atoms with Gasteiger partial charge in [-0.2, -0.15) is 0 Å². The average Bonchev–Trinajstić information content (AvgIpc) is 2.55. The van der Waals surface area contributed by atoms with E-state index in [0.29, 0.717) is 30.6 Å². The van der Waals surface area contributed by atoms with E-state index in [1.54, 1.807) is 6.07 Å². The summed E-state index contributed by atoms with van der Waals surface area (Å²) in [5.41, 5.74) is 1.15. The van der Waals surface area contributed by atoms with E-state index in [4.69, 9.17) is 25.8 Å². The Morgan fingerprint density at radius 3 is 2.35 bits per heavy atom. The molecule has 0 aliphatic rings. The smallest absolute Gasteiger partial charge is 0.161 e. The predicted octanol–water partition coefficient (Wildman–Crippen LogP) is 3.92. The molecule has 0 unspecified atom stereocenters. The molecule has 0 bridgehead atoms. The quantitative estimate of drug-likeness (QED) is 0.705. The van der Waals surface area contributed by atoms with Crippen LogP contribution in [0.4, 0.5) is 0 Å². The molecule has 2 rings (SSSR count). The summed E-state index contributed by atoms with van der Waals surface area (Å²) in [5.74, 6) is 2.12. The highest BCUT2D eigenvalue weighted by atomic mass is 35.5. The molecule has 0 amide bonds. The summed E-state index contributed by atoms with van der Waals surface area (Å²) >= 11 is 6.04. The fourth-order valence-corrected chi connectivity index (χ4v) is 2.31. The van der Waals surface area contributed by atoms with E-state index in [9.17, 15) is 0 Å². The lowest BCUT2D eigenvalue weighted by atomic mass is 10.2. The van der Waals surface area contributed by atoms with E-state index in [1.807, 2.05) is 50.4 Å². The maximum Gasteiger partial charge on any atom is 0.161 e. The molecule has 0 fully saturated rings. The Hall–Kier alpha value is -1.91. The van der Waals surface area contributed by atoms with Crippen molar-refractivity contribution >= 4 is 11.6 Å². The molecular formula is C18H22ClNO3. The van der Waals surface area contributed by atoms with Crippen LogP contribution in [0, 0.1) is 0 Å². The van der Waals surface area contributed by atoms with Gasteiger partial charge in [-0.1, -0.05) is 29.8 Å². The molecule has 0 aromatic heterocycles. The number of ether oxygens (including phenoxy) is 3. The van der Waals surface area contributed by atoms with Crippen molar-refractivity contribution in [2.24, 2.45) is 0 Å². The van der Waals surface area contributed by atoms with E-state index >= 15 is 0 Å². The van der Waals surface area contributed by atoms with Crippen LogP contribution in [0.5, 0.6) is 17.2 Å². The van der Waals surface area contributed by atoms with Gasteiger partial charge in [-0.05, 0) is 43.8 Å². The number of rotatable bonds is 9. The molecule has 0 aliphatic carbocycles. The monoisotopic (exact) mass is 335 g/mol. The Morgan fingerprint density at radius 1 is 0.913 bits per heavy atom. The molecule has 0 spiro atoms. The zero-order valence-electron chi connectivity index (χ0n) is 13.5. The molecule has 2 aromatic rings. The first kappa shape index (κ1) is 17.4. The van der Waals surface area contributed by atoms with Gasteiger partial charge in [-0.15, -0.1) is 0 Å². The predicted molar refractivity (Wildman–Crippen MR) is 92.8 cm³/mol. The summed E-state index contributed by atoms with van der Waals surface area (Å²) in [6, 6.07) is 13.3. The average molecular weight is 336 g/mol. The van der Waals surface area contributed by atoms with Crippen LogP contribution < -0.4 is 19.5 Å². The number of para-hydroxylation sites is 1. The SMILES string of the molecule is CCOc1cc(CNC)ccc1OCCOc1ccccc1Cl. The summed E-state index contributed by atoms with van der Waals surface area (Å²) in [5, 5.41) is 3.72. The first-order valence-electron chi connectivity index (χ1n) is 7.65. The first-order valence-corrected chi connectivity index (χ1v) is 8.02. The van der Waals surface area contributed by atoms with Crippen molar-refractivity contribution in [1.29, 1.82) is 0 Å². The standard InChI is InChI=1S/C18H22ClNO3/c1-3-21-18-12-14(13-20-2)8-9-17(18)23-11-10-22-16-7-5-4-6-15(16)19/h4-9,12,20H,3,10-11,13H2,1-2H3. The zero-order chi connectivity index (χ0) is 16.5. The molecule has 23 heavy (non-hydrogen) atoms. The number of benzene rings is 2. The van der Waals surface area contributed by atoms with Gasteiger partial charge in [-0.25, -0.2) is 0 Å². The molecule has 1 N–H and O–H groups in total. The number of nitrogens with one attached hydrogen (secondary N) is 1. The van der Waals surface area contributed by atoms with Crippen molar-refractivity contribution in [3.8, 4) is 17.2 Å². The maximum atomic E-state index is 6.04. The highest BCUT2D eigenvalue weighted by Gasteiger charge is 2.07. The van der Waals surface area contributed by atoms with E-state index in [2.05, 4.69) is 5.32 Å². The molecule has 0 heterocycles. The molecule has 0 radical (unpaired) electrons. The van der Waals surface area contributed by atoms with Crippen molar-refractivity contribution in [2.75, 3.05) is 26.9 Å². The normalized spacial score (nSPS) is 10.4. The Bertz CT molecular complexity index is 619. The molecule has 2 aromatic carbocycles. The van der Waals surface area contributed by atoms with E-state index in [0.717, 1.165) is 23.6 Å². The minimum atomic E-state index is 0.410. The molecule has 0 saturated carbocycles. The molecule has 5 heteroatoms. The summed E-state index contributed by atoms with van der Waals surface area (Å²) < 4.78 is 17.0. The van der Waals surface area contributed by atoms with Crippen LogP contribution in [-0.4, -0.2) is 26.9 Å². The Morgan fingerprint density at radius 2 is 1.65 bits per heavy atom. The lowest BCUT2D eigenvalue weighted by molar-refractivity contribution is 0.208. The first-order chi connectivity index (χ1) is 11.2. The van der Waals surface area contributed by atoms with Crippen molar-refractivity contribution in [3.63, 3.8) is 0 Å². The molecule has 0 atom stereocenters. The van der Waals surface area contributed by atoms with Crippen molar-refractivity contribution in [1.82, 2.24) is 5.32 Å². The molecule has 124 valence electrons. The summed E-state index contributed by atoms with van der Waals surface area (Å²) in [6.07, 6.45) is 0. The maximum absolute atomic E-state index is 6.04. The Labute approximate surface area is 142 Å². The highest BCUT2D eigenvalue weighted by Crippen LogP contribution is 2.29. The fraction of sp³-hybridized carbons (Fsp3) is 0.333. The topological polar surface area (TPSA) is 39.7 Å². The van der Waals surface area contributed by atoms with Crippen LogP contribution in [0.1, 0.15) is 12.5 Å². The van der Waals surface area contributed by atoms with Crippen LogP contribution in [0.15, 0.2) is 42.5 Å². The number of hydrogen-bond donors (Lipinski definition) is 1. The fourth-order valence-electron chi connectivity index (χ4n) is 2.12. The molecule has 0 aliphatic heterocycles. The number of halogens is 1. The second kappa shape index (κ2) is 9.28. The minimum absolute atomic E-state index is 0.410. The Balaban J connectivity index is 1.90.